The number of aromatic nitrogens is 2. The zero-order valence-electron chi connectivity index (χ0n) is 20.5. The van der Waals surface area contributed by atoms with E-state index in [4.69, 9.17) is 15.6 Å². The molecule has 2 aromatic heterocycles. The summed E-state index contributed by atoms with van der Waals surface area (Å²) < 4.78 is 5.83. The normalized spacial score (nSPS) is 10.9. The Balaban J connectivity index is 1.38. The Labute approximate surface area is 214 Å². The van der Waals surface area contributed by atoms with Gasteiger partial charge in [0.1, 0.15) is 16.6 Å². The number of unbranched alkanes of at least 4 members (excludes halogenated alkanes) is 2. The predicted molar refractivity (Wildman–Crippen MR) is 142 cm³/mol. The number of carbonyl (C=O) groups is 2. The van der Waals surface area contributed by atoms with Crippen LogP contribution in [0.3, 0.4) is 0 Å². The zero-order chi connectivity index (χ0) is 25.9. The standard InChI is InChI=1S/C25H32N6O4S/c1-31(2)12-11-29-23(32)17-6-7-19(26)21(14-17)35-13-5-3-4-9-27-22-15-18(8-10-28-22)24-30-20(16-36-24)25(33)34/h6-8,10,14-16H,3-5,9,11-13,26H2,1-2H3,(H,27,28)(H,29,32)(H,33,34). The molecule has 0 aliphatic heterocycles. The van der Waals surface area contributed by atoms with Crippen LogP contribution in [0.1, 0.15) is 40.1 Å². The minimum absolute atomic E-state index is 0.0419. The lowest BCUT2D eigenvalue weighted by molar-refractivity contribution is 0.0691. The van der Waals surface area contributed by atoms with Crippen LogP contribution in [-0.2, 0) is 0 Å². The smallest absolute Gasteiger partial charge is 0.355 e. The lowest BCUT2D eigenvalue weighted by atomic mass is 10.1. The maximum absolute atomic E-state index is 12.3. The van der Waals surface area contributed by atoms with Crippen LogP contribution in [-0.4, -0.2) is 72.2 Å². The van der Waals surface area contributed by atoms with Gasteiger partial charge in [-0.05, 0) is 63.7 Å². The molecule has 1 amide bonds. The van der Waals surface area contributed by atoms with Crippen LogP contribution < -0.4 is 21.1 Å². The number of anilines is 2. The average molecular weight is 513 g/mol. The number of carboxylic acid groups (broad SMARTS) is 1. The molecular formula is C25H32N6O4S. The molecule has 2 heterocycles. The van der Waals surface area contributed by atoms with Gasteiger partial charge in [-0.1, -0.05) is 0 Å². The van der Waals surface area contributed by atoms with Crippen molar-refractivity contribution in [1.82, 2.24) is 20.2 Å². The summed E-state index contributed by atoms with van der Waals surface area (Å²) in [6.07, 6.45) is 4.37. The Morgan fingerprint density at radius 2 is 1.97 bits per heavy atom. The van der Waals surface area contributed by atoms with Gasteiger partial charge in [0.15, 0.2) is 5.69 Å². The van der Waals surface area contributed by atoms with Crippen molar-refractivity contribution in [2.24, 2.45) is 0 Å². The molecule has 5 N–H and O–H groups in total. The number of likely N-dealkylation sites (N-methyl/N-ethyl adjacent to an activating group) is 1. The van der Waals surface area contributed by atoms with Gasteiger partial charge in [0.05, 0.1) is 12.3 Å². The molecule has 0 fully saturated rings. The van der Waals surface area contributed by atoms with Gasteiger partial charge in [0, 0.05) is 42.3 Å². The third-order valence-corrected chi connectivity index (χ3v) is 6.13. The summed E-state index contributed by atoms with van der Waals surface area (Å²) in [6.45, 7) is 2.57. The van der Waals surface area contributed by atoms with Crippen LogP contribution >= 0.6 is 11.3 Å². The first-order valence-electron chi connectivity index (χ1n) is 11.7. The minimum Gasteiger partial charge on any atom is -0.491 e. The molecule has 192 valence electrons. The van der Waals surface area contributed by atoms with E-state index in [1.807, 2.05) is 25.1 Å². The largest absolute Gasteiger partial charge is 0.491 e. The van der Waals surface area contributed by atoms with E-state index in [1.165, 1.54) is 16.7 Å². The number of carboxylic acids is 1. The molecule has 0 saturated carbocycles. The van der Waals surface area contributed by atoms with Gasteiger partial charge in [-0.3, -0.25) is 4.79 Å². The number of hydrogen-bond donors (Lipinski definition) is 4. The third kappa shape index (κ3) is 8.21. The van der Waals surface area contributed by atoms with Gasteiger partial charge in [0.2, 0.25) is 0 Å². The number of benzene rings is 1. The molecule has 1 aromatic carbocycles. The highest BCUT2D eigenvalue weighted by molar-refractivity contribution is 7.13. The summed E-state index contributed by atoms with van der Waals surface area (Å²) in [6, 6.07) is 8.74. The number of nitrogens with zero attached hydrogens (tertiary/aromatic N) is 3. The Morgan fingerprint density at radius 3 is 2.72 bits per heavy atom. The van der Waals surface area contributed by atoms with Gasteiger partial charge in [-0.25, -0.2) is 14.8 Å². The fraction of sp³-hybridized carbons (Fsp3) is 0.360. The van der Waals surface area contributed by atoms with E-state index in [9.17, 15) is 9.59 Å². The first kappa shape index (κ1) is 26.9. The van der Waals surface area contributed by atoms with E-state index in [2.05, 4.69) is 20.6 Å². The first-order chi connectivity index (χ1) is 17.3. The Bertz CT molecular complexity index is 1170. The lowest BCUT2D eigenvalue weighted by Gasteiger charge is -2.13. The lowest BCUT2D eigenvalue weighted by Crippen LogP contribution is -2.31. The van der Waals surface area contributed by atoms with Gasteiger partial charge < -0.3 is 31.1 Å². The molecule has 0 radical (unpaired) electrons. The number of rotatable bonds is 14. The van der Waals surface area contributed by atoms with Crippen molar-refractivity contribution in [3.63, 3.8) is 0 Å². The number of hydrogen-bond acceptors (Lipinski definition) is 9. The van der Waals surface area contributed by atoms with Crippen LogP contribution in [0.15, 0.2) is 41.9 Å². The van der Waals surface area contributed by atoms with Crippen molar-refractivity contribution in [3.05, 3.63) is 53.2 Å². The number of carbonyl (C=O) groups excluding carboxylic acids is 1. The van der Waals surface area contributed by atoms with E-state index in [-0.39, 0.29) is 11.6 Å². The van der Waals surface area contributed by atoms with Crippen molar-refractivity contribution in [2.45, 2.75) is 19.3 Å². The van der Waals surface area contributed by atoms with Crippen LogP contribution in [0.25, 0.3) is 10.6 Å². The number of nitrogen functional groups attached to an aromatic ring is 1. The Kier molecular flexibility index (Phi) is 10.0. The van der Waals surface area contributed by atoms with E-state index in [0.717, 1.165) is 37.9 Å². The molecule has 0 atom stereocenters. The van der Waals surface area contributed by atoms with Crippen LogP contribution in [0.5, 0.6) is 5.75 Å². The second-order valence-electron chi connectivity index (χ2n) is 8.42. The second kappa shape index (κ2) is 13.4. The predicted octanol–water partition coefficient (Wildman–Crippen LogP) is 3.44. The maximum Gasteiger partial charge on any atom is 0.355 e. The molecule has 36 heavy (non-hydrogen) atoms. The molecule has 0 aliphatic rings. The number of thiazole rings is 1. The van der Waals surface area contributed by atoms with Crippen molar-refractivity contribution in [3.8, 4) is 16.3 Å². The molecule has 0 spiro atoms. The van der Waals surface area contributed by atoms with Crippen molar-refractivity contribution < 1.29 is 19.4 Å². The van der Waals surface area contributed by atoms with Gasteiger partial charge in [-0.2, -0.15) is 0 Å². The van der Waals surface area contributed by atoms with Crippen molar-refractivity contribution in [2.75, 3.05) is 51.4 Å². The van der Waals surface area contributed by atoms with Crippen molar-refractivity contribution >= 4 is 34.7 Å². The summed E-state index contributed by atoms with van der Waals surface area (Å²) in [7, 11) is 3.91. The highest BCUT2D eigenvalue weighted by Crippen LogP contribution is 2.25. The maximum atomic E-state index is 12.3. The fourth-order valence-electron chi connectivity index (χ4n) is 3.26. The topological polar surface area (TPSA) is 143 Å². The fourth-order valence-corrected chi connectivity index (χ4v) is 4.05. The number of nitrogens with two attached hydrogens (primary N) is 1. The van der Waals surface area contributed by atoms with Crippen LogP contribution in [0.2, 0.25) is 0 Å². The molecule has 0 bridgehead atoms. The summed E-state index contributed by atoms with van der Waals surface area (Å²) in [5.41, 5.74) is 7.90. The highest BCUT2D eigenvalue weighted by Gasteiger charge is 2.11. The second-order valence-corrected chi connectivity index (χ2v) is 9.28. The van der Waals surface area contributed by atoms with Gasteiger partial charge >= 0.3 is 5.97 Å². The number of ether oxygens (including phenoxy) is 1. The molecule has 0 unspecified atom stereocenters. The number of pyridine rings is 1. The number of amides is 1. The monoisotopic (exact) mass is 512 g/mol. The van der Waals surface area contributed by atoms with Gasteiger partial charge in [0.25, 0.3) is 5.91 Å². The van der Waals surface area contributed by atoms with E-state index in [1.54, 1.807) is 30.5 Å². The van der Waals surface area contributed by atoms with Gasteiger partial charge in [-0.15, -0.1) is 11.3 Å². The SMILES string of the molecule is CN(C)CCNC(=O)c1ccc(N)c(OCCCCCNc2cc(-c3nc(C(=O)O)cs3)ccn2)c1. The van der Waals surface area contributed by atoms with Crippen LogP contribution in [0, 0.1) is 0 Å². The first-order valence-corrected chi connectivity index (χ1v) is 12.6. The summed E-state index contributed by atoms with van der Waals surface area (Å²) in [4.78, 5) is 33.8. The molecule has 3 rings (SSSR count). The van der Waals surface area contributed by atoms with E-state index in [0.29, 0.717) is 41.0 Å². The van der Waals surface area contributed by atoms with Crippen LogP contribution in [0.4, 0.5) is 11.5 Å². The number of nitrogens with one attached hydrogen (secondary N) is 2. The molecule has 10 nitrogen and oxygen atoms in total. The highest BCUT2D eigenvalue weighted by atomic mass is 32.1. The molecule has 0 aliphatic carbocycles. The number of aromatic carboxylic acids is 1. The Hall–Kier alpha value is -3.70. The summed E-state index contributed by atoms with van der Waals surface area (Å²) in [5, 5.41) is 17.4. The minimum atomic E-state index is -1.04. The molecule has 11 heteroatoms. The van der Waals surface area contributed by atoms with E-state index >= 15 is 0 Å². The van der Waals surface area contributed by atoms with Crippen molar-refractivity contribution in [1.29, 1.82) is 0 Å². The quantitative estimate of drug-likeness (QED) is 0.189. The Morgan fingerprint density at radius 1 is 1.14 bits per heavy atom. The molecule has 0 saturated heterocycles. The zero-order valence-corrected chi connectivity index (χ0v) is 21.3. The summed E-state index contributed by atoms with van der Waals surface area (Å²) in [5.74, 6) is 0.0416. The average Bonchev–Trinajstić information content (AvgIpc) is 3.35. The third-order valence-electron chi connectivity index (χ3n) is 5.24. The molecule has 3 aromatic rings. The summed E-state index contributed by atoms with van der Waals surface area (Å²) >= 11 is 1.29. The molecular weight excluding hydrogens is 480 g/mol. The van der Waals surface area contributed by atoms with E-state index < -0.39 is 5.97 Å².